The van der Waals surface area contributed by atoms with E-state index in [9.17, 15) is 9.90 Å². The molecule has 3 heteroatoms. The normalized spacial score (nSPS) is 12.4. The minimum atomic E-state index is -0.909. The Bertz CT molecular complexity index is 589. The van der Waals surface area contributed by atoms with Crippen molar-refractivity contribution in [3.05, 3.63) is 65.3 Å². The molecule has 0 saturated heterocycles. The summed E-state index contributed by atoms with van der Waals surface area (Å²) in [7, 11) is 0. The largest absolute Gasteiger partial charge is 0.478 e. The molecule has 0 aromatic heterocycles. The Morgan fingerprint density at radius 1 is 1.33 bits per heavy atom. The molecule has 21 heavy (non-hydrogen) atoms. The van der Waals surface area contributed by atoms with Crippen LogP contribution in [0.3, 0.4) is 0 Å². The monoisotopic (exact) mass is 281 g/mol. The summed E-state index contributed by atoms with van der Waals surface area (Å²) in [4.78, 5) is 11.3. The van der Waals surface area contributed by atoms with Gasteiger partial charge in [-0.15, -0.1) is 0 Å². The van der Waals surface area contributed by atoms with E-state index >= 15 is 0 Å². The fourth-order valence-electron chi connectivity index (χ4n) is 1.82. The van der Waals surface area contributed by atoms with E-state index in [1.54, 1.807) is 12.2 Å². The summed E-state index contributed by atoms with van der Waals surface area (Å²) in [5.41, 5.74) is 2.03. The molecule has 0 radical (unpaired) electrons. The Kier molecular flexibility index (Phi) is 7.31. The van der Waals surface area contributed by atoms with Crippen LogP contribution in [0.25, 0.3) is 6.08 Å². The van der Waals surface area contributed by atoms with Crippen molar-refractivity contribution in [3.63, 3.8) is 0 Å². The molecule has 1 aromatic carbocycles. The van der Waals surface area contributed by atoms with Crippen LogP contribution in [0, 0.1) is 11.3 Å². The van der Waals surface area contributed by atoms with Gasteiger partial charge in [-0.3, -0.25) is 0 Å². The Morgan fingerprint density at radius 2 is 2.05 bits per heavy atom. The van der Waals surface area contributed by atoms with Gasteiger partial charge in [0.05, 0.1) is 6.07 Å². The van der Waals surface area contributed by atoms with E-state index < -0.39 is 5.97 Å². The molecule has 1 rings (SSSR count). The predicted molar refractivity (Wildman–Crippen MR) is 84.4 cm³/mol. The van der Waals surface area contributed by atoms with Crippen LogP contribution in [0.4, 0.5) is 0 Å². The highest BCUT2D eigenvalue weighted by Gasteiger charge is 2.06. The van der Waals surface area contributed by atoms with Gasteiger partial charge in [0.1, 0.15) is 0 Å². The lowest BCUT2D eigenvalue weighted by molar-refractivity contribution is -0.132. The number of nitriles is 1. The molecule has 1 N–H and O–H groups in total. The summed E-state index contributed by atoms with van der Waals surface area (Å²) in [5, 5.41) is 17.9. The standard InChI is InChI=1S/C18H19NO2/c1-2-3-11-17(18(20)21)14-16(10-7-12-19)13-15-8-5-4-6-9-15/h4-10,13-14H,2-3,11H2,1H3,(H,20,21). The molecule has 0 heterocycles. The maximum absolute atomic E-state index is 11.3. The van der Waals surface area contributed by atoms with E-state index in [-0.39, 0.29) is 0 Å². The third kappa shape index (κ3) is 6.40. The second-order valence-corrected chi connectivity index (χ2v) is 4.60. The summed E-state index contributed by atoms with van der Waals surface area (Å²) >= 11 is 0. The molecular formula is C18H19NO2. The number of carbonyl (C=O) groups is 1. The number of allylic oxidation sites excluding steroid dienone is 4. The number of rotatable bonds is 7. The number of benzene rings is 1. The number of unbranched alkanes of at least 4 members (excludes halogenated alkanes) is 1. The Balaban J connectivity index is 3.12. The second-order valence-electron chi connectivity index (χ2n) is 4.60. The Morgan fingerprint density at radius 3 is 2.62 bits per heavy atom. The molecule has 0 aliphatic rings. The van der Waals surface area contributed by atoms with Crippen molar-refractivity contribution in [2.24, 2.45) is 0 Å². The van der Waals surface area contributed by atoms with E-state index in [2.05, 4.69) is 0 Å². The zero-order chi connectivity index (χ0) is 15.5. The highest BCUT2D eigenvalue weighted by atomic mass is 16.4. The molecule has 0 bridgehead atoms. The zero-order valence-electron chi connectivity index (χ0n) is 12.1. The molecule has 3 nitrogen and oxygen atoms in total. The number of nitrogens with zero attached hydrogens (tertiary/aromatic N) is 1. The van der Waals surface area contributed by atoms with E-state index in [1.807, 2.05) is 49.4 Å². The first-order chi connectivity index (χ1) is 10.2. The van der Waals surface area contributed by atoms with Crippen molar-refractivity contribution in [1.82, 2.24) is 0 Å². The molecule has 108 valence electrons. The lowest BCUT2D eigenvalue weighted by Crippen LogP contribution is -2.01. The predicted octanol–water partition coefficient (Wildman–Crippen LogP) is 4.35. The van der Waals surface area contributed by atoms with Gasteiger partial charge in [0.2, 0.25) is 0 Å². The smallest absolute Gasteiger partial charge is 0.331 e. The fourth-order valence-corrected chi connectivity index (χ4v) is 1.82. The SMILES string of the molecule is CCCCC(=CC(C=CC#N)=Cc1ccccc1)C(=O)O. The van der Waals surface area contributed by atoms with Crippen LogP contribution in [-0.4, -0.2) is 11.1 Å². The first kappa shape index (κ1) is 16.5. The van der Waals surface area contributed by atoms with E-state index in [1.165, 1.54) is 6.08 Å². The van der Waals surface area contributed by atoms with Gasteiger partial charge in [0.15, 0.2) is 0 Å². The van der Waals surface area contributed by atoms with Crippen LogP contribution >= 0.6 is 0 Å². The average molecular weight is 281 g/mol. The summed E-state index contributed by atoms with van der Waals surface area (Å²) < 4.78 is 0. The number of carboxylic acids is 1. The van der Waals surface area contributed by atoms with Gasteiger partial charge in [-0.2, -0.15) is 5.26 Å². The molecular weight excluding hydrogens is 262 g/mol. The zero-order valence-corrected chi connectivity index (χ0v) is 12.1. The maximum atomic E-state index is 11.3. The molecule has 0 aliphatic heterocycles. The minimum Gasteiger partial charge on any atom is -0.478 e. The van der Waals surface area contributed by atoms with Crippen LogP contribution in [-0.2, 0) is 4.79 Å². The van der Waals surface area contributed by atoms with Crippen molar-refractivity contribution < 1.29 is 9.90 Å². The molecule has 0 amide bonds. The topological polar surface area (TPSA) is 61.1 Å². The van der Waals surface area contributed by atoms with E-state index in [0.29, 0.717) is 17.6 Å². The number of hydrogen-bond donors (Lipinski definition) is 1. The maximum Gasteiger partial charge on any atom is 0.331 e. The van der Waals surface area contributed by atoms with Gasteiger partial charge in [0.25, 0.3) is 0 Å². The van der Waals surface area contributed by atoms with Gasteiger partial charge in [-0.25, -0.2) is 4.79 Å². The lowest BCUT2D eigenvalue weighted by atomic mass is 10.0. The molecule has 0 atom stereocenters. The molecule has 0 unspecified atom stereocenters. The minimum absolute atomic E-state index is 0.363. The van der Waals surface area contributed by atoms with Crippen molar-refractivity contribution in [2.75, 3.05) is 0 Å². The average Bonchev–Trinajstić information content (AvgIpc) is 2.49. The van der Waals surface area contributed by atoms with Crippen LogP contribution < -0.4 is 0 Å². The summed E-state index contributed by atoms with van der Waals surface area (Å²) in [6.07, 6.45) is 8.78. The lowest BCUT2D eigenvalue weighted by Gasteiger charge is -2.03. The summed E-state index contributed by atoms with van der Waals surface area (Å²) in [6, 6.07) is 11.5. The third-order valence-corrected chi connectivity index (χ3v) is 2.90. The molecule has 0 aliphatic carbocycles. The fraction of sp³-hybridized carbons (Fsp3) is 0.222. The summed E-state index contributed by atoms with van der Waals surface area (Å²) in [5.74, 6) is -0.909. The quantitative estimate of drug-likeness (QED) is 0.459. The van der Waals surface area contributed by atoms with Gasteiger partial charge >= 0.3 is 5.97 Å². The Labute approximate surface area is 125 Å². The van der Waals surface area contributed by atoms with Crippen LogP contribution in [0.1, 0.15) is 31.7 Å². The third-order valence-electron chi connectivity index (χ3n) is 2.90. The van der Waals surface area contributed by atoms with Gasteiger partial charge < -0.3 is 5.11 Å². The molecule has 0 saturated carbocycles. The number of aliphatic carboxylic acids is 1. The van der Waals surface area contributed by atoms with Gasteiger partial charge in [-0.05, 0) is 42.2 Å². The first-order valence-electron chi connectivity index (χ1n) is 6.94. The van der Waals surface area contributed by atoms with E-state index in [4.69, 9.17) is 5.26 Å². The van der Waals surface area contributed by atoms with E-state index in [0.717, 1.165) is 18.4 Å². The van der Waals surface area contributed by atoms with Crippen molar-refractivity contribution in [3.8, 4) is 6.07 Å². The highest BCUT2D eigenvalue weighted by molar-refractivity contribution is 5.87. The second kappa shape index (κ2) is 9.33. The number of hydrogen-bond acceptors (Lipinski definition) is 2. The van der Waals surface area contributed by atoms with Gasteiger partial charge in [0, 0.05) is 11.6 Å². The highest BCUT2D eigenvalue weighted by Crippen LogP contribution is 2.15. The molecule has 1 aromatic rings. The van der Waals surface area contributed by atoms with Crippen LogP contribution in [0.2, 0.25) is 0 Å². The Hall–Kier alpha value is -2.60. The van der Waals surface area contributed by atoms with Crippen LogP contribution in [0.15, 0.2) is 59.7 Å². The summed E-state index contributed by atoms with van der Waals surface area (Å²) in [6.45, 7) is 2.02. The van der Waals surface area contributed by atoms with Crippen molar-refractivity contribution in [1.29, 1.82) is 5.26 Å². The van der Waals surface area contributed by atoms with Crippen LogP contribution in [0.5, 0.6) is 0 Å². The van der Waals surface area contributed by atoms with Crippen molar-refractivity contribution in [2.45, 2.75) is 26.2 Å². The van der Waals surface area contributed by atoms with Crippen molar-refractivity contribution >= 4 is 12.0 Å². The van der Waals surface area contributed by atoms with Gasteiger partial charge in [-0.1, -0.05) is 43.7 Å². The number of carboxylic acid groups (broad SMARTS) is 1. The first-order valence-corrected chi connectivity index (χ1v) is 6.94. The molecule has 0 fully saturated rings. The molecule has 0 spiro atoms.